The Morgan fingerprint density at radius 3 is 1.75 bits per heavy atom. The Morgan fingerprint density at radius 2 is 1.33 bits per heavy atom. The summed E-state index contributed by atoms with van der Waals surface area (Å²) in [5, 5.41) is 8.05. The van der Waals surface area contributed by atoms with Crippen molar-refractivity contribution in [3.8, 4) is 0 Å². The largest absolute Gasteiger partial charge is 0.399 e. The summed E-state index contributed by atoms with van der Waals surface area (Å²) in [6.07, 6.45) is 6.14. The molecule has 0 amide bonds. The molecule has 0 radical (unpaired) electrons. The molecule has 24 heavy (non-hydrogen) atoms. The molecular formula is C21H23N3. The van der Waals surface area contributed by atoms with Gasteiger partial charge < -0.3 is 16.9 Å². The summed E-state index contributed by atoms with van der Waals surface area (Å²) in [7, 11) is 0. The summed E-state index contributed by atoms with van der Waals surface area (Å²) < 4.78 is 0. The predicted molar refractivity (Wildman–Crippen MR) is 103 cm³/mol. The minimum Gasteiger partial charge on any atom is -0.399 e. The van der Waals surface area contributed by atoms with Gasteiger partial charge in [-0.05, 0) is 66.8 Å². The first-order valence-electron chi connectivity index (χ1n) is 8.04. The Hall–Kier alpha value is -2.81. The molecule has 0 atom stereocenters. The van der Waals surface area contributed by atoms with Gasteiger partial charge in [-0.15, -0.1) is 0 Å². The molecule has 3 nitrogen and oxygen atoms in total. The average molecular weight is 317 g/mol. The summed E-state index contributed by atoms with van der Waals surface area (Å²) >= 11 is 0. The highest BCUT2D eigenvalue weighted by Gasteiger charge is 2.32. The number of anilines is 2. The molecule has 0 aromatic heterocycles. The number of allylic oxidation sites excluding steroid dienone is 4. The van der Waals surface area contributed by atoms with E-state index >= 15 is 0 Å². The van der Waals surface area contributed by atoms with E-state index in [1.807, 2.05) is 39.0 Å². The number of nitrogen functional groups attached to an aromatic ring is 2. The molecule has 3 rings (SSSR count). The lowest BCUT2D eigenvalue weighted by molar-refractivity contribution is 0.803. The lowest BCUT2D eigenvalue weighted by Gasteiger charge is -2.33. The maximum Gasteiger partial charge on any atom is 0.0573 e. The summed E-state index contributed by atoms with van der Waals surface area (Å²) in [5.74, 6) is 0. The van der Waals surface area contributed by atoms with Crippen LogP contribution in [0.1, 0.15) is 29.2 Å². The topological polar surface area (TPSA) is 75.9 Å². The molecule has 0 aliphatic heterocycles. The van der Waals surface area contributed by atoms with Crippen LogP contribution in [0.2, 0.25) is 0 Å². The third-order valence-corrected chi connectivity index (χ3v) is 4.88. The van der Waals surface area contributed by atoms with Gasteiger partial charge >= 0.3 is 0 Å². The average Bonchev–Trinajstić information content (AvgIpc) is 2.55. The predicted octanol–water partition coefficient (Wildman–Crippen LogP) is 4.29. The second kappa shape index (κ2) is 5.68. The first kappa shape index (κ1) is 16.1. The fraction of sp³-hybridized carbons (Fsp3) is 0.190. The molecule has 122 valence electrons. The number of nitrogens with one attached hydrogen (secondary N) is 1. The molecule has 3 heteroatoms. The van der Waals surface area contributed by atoms with Crippen LogP contribution >= 0.6 is 0 Å². The number of hydrogen-bond donors (Lipinski definition) is 3. The van der Waals surface area contributed by atoms with Gasteiger partial charge in [0, 0.05) is 11.4 Å². The van der Waals surface area contributed by atoms with Crippen molar-refractivity contribution < 1.29 is 0 Å². The molecule has 2 aromatic rings. The van der Waals surface area contributed by atoms with Gasteiger partial charge in [-0.3, -0.25) is 0 Å². The molecule has 0 saturated carbocycles. The van der Waals surface area contributed by atoms with E-state index in [0.29, 0.717) is 5.71 Å². The highest BCUT2D eigenvalue weighted by molar-refractivity contribution is 6.07. The van der Waals surface area contributed by atoms with Crippen LogP contribution in [-0.4, -0.2) is 5.71 Å². The van der Waals surface area contributed by atoms with Crippen molar-refractivity contribution in [2.45, 2.75) is 26.2 Å². The smallest absolute Gasteiger partial charge is 0.0573 e. The molecule has 1 aliphatic carbocycles. The van der Waals surface area contributed by atoms with Crippen LogP contribution in [0.4, 0.5) is 11.4 Å². The van der Waals surface area contributed by atoms with E-state index in [9.17, 15) is 0 Å². The molecule has 0 unspecified atom stereocenters. The van der Waals surface area contributed by atoms with Crippen molar-refractivity contribution in [3.63, 3.8) is 0 Å². The van der Waals surface area contributed by atoms with Crippen LogP contribution in [0.15, 0.2) is 60.2 Å². The van der Waals surface area contributed by atoms with Gasteiger partial charge in [-0.2, -0.15) is 0 Å². The minimum absolute atomic E-state index is 0.411. The summed E-state index contributed by atoms with van der Waals surface area (Å²) in [4.78, 5) is 0. The molecule has 1 aliphatic rings. The van der Waals surface area contributed by atoms with Crippen LogP contribution in [0.3, 0.4) is 0 Å². The third-order valence-electron chi connectivity index (χ3n) is 4.88. The van der Waals surface area contributed by atoms with Crippen LogP contribution < -0.4 is 11.5 Å². The summed E-state index contributed by atoms with van der Waals surface area (Å²) in [5.41, 5.74) is 19.1. The van der Waals surface area contributed by atoms with E-state index in [4.69, 9.17) is 16.9 Å². The van der Waals surface area contributed by atoms with E-state index in [-0.39, 0.29) is 0 Å². The monoisotopic (exact) mass is 317 g/mol. The van der Waals surface area contributed by atoms with E-state index in [2.05, 4.69) is 36.4 Å². The van der Waals surface area contributed by atoms with Crippen molar-refractivity contribution in [1.82, 2.24) is 0 Å². The second-order valence-electron chi connectivity index (χ2n) is 6.59. The molecule has 5 N–H and O–H groups in total. The van der Waals surface area contributed by atoms with E-state index < -0.39 is 5.41 Å². The third kappa shape index (κ3) is 2.52. The van der Waals surface area contributed by atoms with Gasteiger partial charge in [0.05, 0.1) is 11.1 Å². The molecule has 0 fully saturated rings. The van der Waals surface area contributed by atoms with Gasteiger partial charge in [0.1, 0.15) is 0 Å². The van der Waals surface area contributed by atoms with Crippen LogP contribution in [0, 0.1) is 19.3 Å². The zero-order valence-electron chi connectivity index (χ0n) is 14.4. The maximum atomic E-state index is 8.05. The molecule has 0 saturated heterocycles. The van der Waals surface area contributed by atoms with Crippen molar-refractivity contribution in [2.75, 3.05) is 11.5 Å². The molecule has 0 heterocycles. The van der Waals surface area contributed by atoms with Gasteiger partial charge in [0.25, 0.3) is 0 Å². The first-order chi connectivity index (χ1) is 11.3. The van der Waals surface area contributed by atoms with Gasteiger partial charge in [-0.1, -0.05) is 36.4 Å². The lowest BCUT2D eigenvalue weighted by atomic mass is 9.70. The number of benzene rings is 2. The minimum atomic E-state index is -0.411. The number of nitrogens with two attached hydrogens (primary N) is 2. The maximum absolute atomic E-state index is 8.05. The SMILES string of the molecule is CC1=CC(c2ccc(N)c(C)c2)(c2ccc(N)c(C)c2)C=CC1=N. The fourth-order valence-electron chi connectivity index (χ4n) is 3.21. The van der Waals surface area contributed by atoms with Crippen LogP contribution in [-0.2, 0) is 5.41 Å². The fourth-order valence-corrected chi connectivity index (χ4v) is 3.21. The van der Waals surface area contributed by atoms with Crippen molar-refractivity contribution in [1.29, 1.82) is 5.41 Å². The number of aryl methyl sites for hydroxylation is 2. The second-order valence-corrected chi connectivity index (χ2v) is 6.59. The molecule has 0 spiro atoms. The van der Waals surface area contributed by atoms with E-state index in [1.54, 1.807) is 0 Å². The van der Waals surface area contributed by atoms with Crippen molar-refractivity contribution in [2.24, 2.45) is 0 Å². The molecular weight excluding hydrogens is 294 g/mol. The highest BCUT2D eigenvalue weighted by Crippen LogP contribution is 2.40. The van der Waals surface area contributed by atoms with Gasteiger partial charge in [-0.25, -0.2) is 0 Å². The lowest BCUT2D eigenvalue weighted by Crippen LogP contribution is -2.27. The first-order valence-corrected chi connectivity index (χ1v) is 8.04. The van der Waals surface area contributed by atoms with E-state index in [1.165, 1.54) is 0 Å². The van der Waals surface area contributed by atoms with Crippen molar-refractivity contribution in [3.05, 3.63) is 82.5 Å². The normalized spacial score (nSPS) is 16.1. The Kier molecular flexibility index (Phi) is 3.80. The Balaban J connectivity index is 2.29. The van der Waals surface area contributed by atoms with E-state index in [0.717, 1.165) is 39.2 Å². The standard InChI is InChI=1S/C21H23N3/c1-13-10-16(4-6-18(13)22)21(9-8-20(24)15(3)12-21)17-5-7-19(23)14(2)11-17/h4-12,24H,22-23H2,1-3H3. The number of rotatable bonds is 2. The Labute approximate surface area is 143 Å². The summed E-state index contributed by atoms with van der Waals surface area (Å²) in [6.45, 7) is 6.02. The Bertz CT molecular complexity index is 836. The quantitative estimate of drug-likeness (QED) is 0.723. The molecule has 2 aromatic carbocycles. The van der Waals surface area contributed by atoms with Gasteiger partial charge in [0.15, 0.2) is 0 Å². The van der Waals surface area contributed by atoms with Crippen LogP contribution in [0.5, 0.6) is 0 Å². The zero-order valence-corrected chi connectivity index (χ0v) is 14.4. The Morgan fingerprint density at radius 1 is 0.833 bits per heavy atom. The molecule has 0 bridgehead atoms. The summed E-state index contributed by atoms with van der Waals surface area (Å²) in [6, 6.07) is 12.3. The highest BCUT2D eigenvalue weighted by atomic mass is 14.6. The van der Waals surface area contributed by atoms with Crippen LogP contribution in [0.25, 0.3) is 0 Å². The van der Waals surface area contributed by atoms with Gasteiger partial charge in [0.2, 0.25) is 0 Å². The zero-order chi connectivity index (χ0) is 17.5. The van der Waals surface area contributed by atoms with Crippen molar-refractivity contribution >= 4 is 17.1 Å². The number of hydrogen-bond acceptors (Lipinski definition) is 3.